The van der Waals surface area contributed by atoms with Gasteiger partial charge in [0.2, 0.25) is 0 Å². The van der Waals surface area contributed by atoms with Gasteiger partial charge in [-0.25, -0.2) is 0 Å². The molecule has 0 aromatic rings. The van der Waals surface area contributed by atoms with E-state index in [9.17, 15) is 5.11 Å². The van der Waals surface area contributed by atoms with Crippen molar-refractivity contribution in [1.29, 1.82) is 0 Å². The van der Waals surface area contributed by atoms with Gasteiger partial charge in [-0.3, -0.25) is 0 Å². The number of hydrogen-bond donors (Lipinski definition) is 1. The molecule has 2 spiro atoms. The number of rotatable bonds is 0. The third kappa shape index (κ3) is 0.640. The van der Waals surface area contributed by atoms with Crippen molar-refractivity contribution in [3.05, 3.63) is 0 Å². The van der Waals surface area contributed by atoms with E-state index in [4.69, 9.17) is 14.2 Å². The summed E-state index contributed by atoms with van der Waals surface area (Å²) < 4.78 is 18.4. The van der Waals surface area contributed by atoms with Gasteiger partial charge in [0, 0.05) is 0 Å². The van der Waals surface area contributed by atoms with Crippen LogP contribution >= 0.6 is 0 Å². The largest absolute Gasteiger partial charge is 0.387 e. The minimum absolute atomic E-state index is 0.149. The second-order valence-corrected chi connectivity index (χ2v) is 7.17. The normalized spacial score (nSPS) is 74.2. The van der Waals surface area contributed by atoms with Crippen LogP contribution in [0.5, 0.6) is 0 Å². The first-order valence-electron chi connectivity index (χ1n) is 7.46. The van der Waals surface area contributed by atoms with Crippen LogP contribution in [0.15, 0.2) is 0 Å². The number of ether oxygens (including phenoxy) is 3. The Morgan fingerprint density at radius 1 is 0.889 bits per heavy atom. The first-order valence-corrected chi connectivity index (χ1v) is 7.46. The summed E-state index contributed by atoms with van der Waals surface area (Å²) in [7, 11) is 0. The molecule has 0 bridgehead atoms. The molecule has 7 atom stereocenters. The van der Waals surface area contributed by atoms with Crippen LogP contribution in [0, 0.1) is 0 Å². The third-order valence-electron chi connectivity index (χ3n) is 6.79. The van der Waals surface area contributed by atoms with E-state index in [2.05, 4.69) is 0 Å². The summed E-state index contributed by atoms with van der Waals surface area (Å²) in [5, 5.41) is 11.0. The highest BCUT2D eigenvalue weighted by atomic mass is 16.8. The Hall–Kier alpha value is -0.160. The lowest BCUT2D eigenvalue weighted by molar-refractivity contribution is -0.0395. The van der Waals surface area contributed by atoms with E-state index in [0.29, 0.717) is 0 Å². The number of hydrogen-bond acceptors (Lipinski definition) is 4. The van der Waals surface area contributed by atoms with Gasteiger partial charge in [-0.05, 0) is 32.1 Å². The van der Waals surface area contributed by atoms with Crippen LogP contribution in [0.1, 0.15) is 44.9 Å². The fourth-order valence-electron chi connectivity index (χ4n) is 5.98. The Balaban J connectivity index is 1.55. The van der Waals surface area contributed by atoms with E-state index in [-0.39, 0.29) is 29.0 Å². The van der Waals surface area contributed by atoms with Crippen LogP contribution in [0.4, 0.5) is 0 Å². The quantitative estimate of drug-likeness (QED) is 0.649. The summed E-state index contributed by atoms with van der Waals surface area (Å²) >= 11 is 0. The molecule has 4 heteroatoms. The van der Waals surface area contributed by atoms with Crippen molar-refractivity contribution in [2.45, 2.75) is 85.7 Å². The lowest BCUT2D eigenvalue weighted by Gasteiger charge is -2.40. The molecule has 3 heterocycles. The Kier molecular flexibility index (Phi) is 1.24. The molecule has 7 unspecified atom stereocenters. The van der Waals surface area contributed by atoms with Crippen LogP contribution < -0.4 is 0 Å². The average molecular weight is 250 g/mol. The molecule has 3 aliphatic heterocycles. The van der Waals surface area contributed by atoms with Gasteiger partial charge in [-0.2, -0.15) is 0 Å². The molecule has 6 rings (SSSR count). The minimum Gasteiger partial charge on any atom is -0.387 e. The zero-order chi connectivity index (χ0) is 11.8. The molecule has 4 nitrogen and oxygen atoms in total. The number of epoxide rings is 3. The maximum Gasteiger partial charge on any atom is 0.155 e. The van der Waals surface area contributed by atoms with Crippen molar-refractivity contribution >= 4 is 0 Å². The first kappa shape index (κ1) is 9.70. The van der Waals surface area contributed by atoms with Gasteiger partial charge in [0.05, 0.1) is 6.10 Å². The van der Waals surface area contributed by atoms with E-state index in [0.717, 1.165) is 25.7 Å². The highest BCUT2D eigenvalue weighted by Gasteiger charge is 3.00. The van der Waals surface area contributed by atoms with E-state index < -0.39 is 11.7 Å². The molecule has 18 heavy (non-hydrogen) atoms. The van der Waals surface area contributed by atoms with Crippen molar-refractivity contribution < 1.29 is 19.3 Å². The molecule has 3 saturated carbocycles. The average Bonchev–Trinajstić information content (AvgIpc) is 3.25. The molecule has 0 aromatic heterocycles. The van der Waals surface area contributed by atoms with Gasteiger partial charge in [-0.15, -0.1) is 0 Å². The maximum atomic E-state index is 11.0. The molecule has 0 aromatic carbocycles. The lowest BCUT2D eigenvalue weighted by atomic mass is 9.58. The summed E-state index contributed by atoms with van der Waals surface area (Å²) in [6.45, 7) is 0. The highest BCUT2D eigenvalue weighted by molar-refractivity contribution is 5.47. The van der Waals surface area contributed by atoms with Crippen LogP contribution in [0.2, 0.25) is 0 Å². The summed E-state index contributed by atoms with van der Waals surface area (Å²) in [6.07, 6.45) is 7.70. The SMILES string of the molecule is OC1C23CCCCC2(O3)C2OC23CCCC2OC213. The molecule has 98 valence electrons. The van der Waals surface area contributed by atoms with Crippen LogP contribution in [-0.2, 0) is 14.2 Å². The monoisotopic (exact) mass is 250 g/mol. The van der Waals surface area contributed by atoms with Crippen LogP contribution in [-0.4, -0.2) is 45.8 Å². The molecular formula is C14H18O4. The lowest BCUT2D eigenvalue weighted by Crippen LogP contribution is -2.63. The molecule has 1 N–H and O–H groups in total. The zero-order valence-corrected chi connectivity index (χ0v) is 10.4. The van der Waals surface area contributed by atoms with Crippen molar-refractivity contribution in [1.82, 2.24) is 0 Å². The predicted octanol–water partition coefficient (Wildman–Crippen LogP) is 0.902. The second kappa shape index (κ2) is 2.30. The van der Waals surface area contributed by atoms with Crippen molar-refractivity contribution in [2.75, 3.05) is 0 Å². The summed E-state index contributed by atoms with van der Waals surface area (Å²) in [5.74, 6) is 0. The molecule has 6 fully saturated rings. The molecular weight excluding hydrogens is 232 g/mol. The maximum absolute atomic E-state index is 11.0. The predicted molar refractivity (Wildman–Crippen MR) is 60.1 cm³/mol. The van der Waals surface area contributed by atoms with Gasteiger partial charge in [0.15, 0.2) is 5.60 Å². The van der Waals surface area contributed by atoms with E-state index in [1.807, 2.05) is 0 Å². The van der Waals surface area contributed by atoms with Crippen molar-refractivity contribution in [3.8, 4) is 0 Å². The Bertz CT molecular complexity index is 480. The Labute approximate surface area is 106 Å². The Morgan fingerprint density at radius 3 is 2.56 bits per heavy atom. The van der Waals surface area contributed by atoms with E-state index >= 15 is 0 Å². The number of aliphatic hydroxyl groups is 1. The fourth-order valence-corrected chi connectivity index (χ4v) is 5.98. The van der Waals surface area contributed by atoms with Gasteiger partial charge in [0.1, 0.15) is 29.0 Å². The molecule has 0 amide bonds. The number of aliphatic hydroxyl groups excluding tert-OH is 1. The molecule has 3 aliphatic carbocycles. The second-order valence-electron chi connectivity index (χ2n) is 7.17. The Morgan fingerprint density at radius 2 is 1.67 bits per heavy atom. The minimum atomic E-state index is -0.464. The fraction of sp³-hybridized carbons (Fsp3) is 1.00. The van der Waals surface area contributed by atoms with Gasteiger partial charge >= 0.3 is 0 Å². The summed E-state index contributed by atoms with van der Waals surface area (Å²) in [4.78, 5) is 0. The molecule has 6 aliphatic rings. The zero-order valence-electron chi connectivity index (χ0n) is 10.4. The van der Waals surface area contributed by atoms with Gasteiger partial charge in [0.25, 0.3) is 0 Å². The van der Waals surface area contributed by atoms with Gasteiger partial charge < -0.3 is 19.3 Å². The van der Waals surface area contributed by atoms with Crippen molar-refractivity contribution in [2.24, 2.45) is 0 Å². The van der Waals surface area contributed by atoms with Gasteiger partial charge in [-0.1, -0.05) is 12.8 Å². The highest BCUT2D eigenvalue weighted by Crippen LogP contribution is 2.81. The van der Waals surface area contributed by atoms with Crippen LogP contribution in [0.3, 0.4) is 0 Å². The van der Waals surface area contributed by atoms with Crippen LogP contribution in [0.25, 0.3) is 0 Å². The summed E-state index contributed by atoms with van der Waals surface area (Å²) in [5.41, 5.74) is -1.05. The first-order chi connectivity index (χ1) is 8.72. The smallest absolute Gasteiger partial charge is 0.155 e. The topological polar surface area (TPSA) is 57.8 Å². The third-order valence-corrected chi connectivity index (χ3v) is 6.79. The van der Waals surface area contributed by atoms with E-state index in [1.165, 1.54) is 19.3 Å². The van der Waals surface area contributed by atoms with E-state index in [1.54, 1.807) is 0 Å². The standard InChI is InChI=1S/C14H18O4/c15-9-11-5-1-2-6-12(11,18-11)10-13(17-10)7-3-4-8-14(9,13)16-8/h8-10,15H,1-7H2. The van der Waals surface area contributed by atoms with Crippen molar-refractivity contribution in [3.63, 3.8) is 0 Å². The molecule has 0 radical (unpaired) electrons. The summed E-state index contributed by atoms with van der Waals surface area (Å²) in [6, 6.07) is 0. The molecule has 3 saturated heterocycles.